The molecule has 35 heavy (non-hydrogen) atoms. The molecule has 0 bridgehead atoms. The van der Waals surface area contributed by atoms with Crippen molar-refractivity contribution < 1.29 is 28.0 Å². The van der Waals surface area contributed by atoms with Gasteiger partial charge in [0.2, 0.25) is 23.5 Å². The molecule has 198 valence electrons. The second-order valence-electron chi connectivity index (χ2n) is 12.3. The van der Waals surface area contributed by atoms with Gasteiger partial charge in [-0.25, -0.2) is 8.78 Å². The molecular formula is C26H41F2N3O4. The smallest absolute Gasteiger partial charge is 0.289 e. The first-order valence-electron chi connectivity index (χ1n) is 13.0. The average molecular weight is 498 g/mol. The highest BCUT2D eigenvalue weighted by atomic mass is 19.3. The summed E-state index contributed by atoms with van der Waals surface area (Å²) in [5, 5.41) is 5.18. The van der Waals surface area contributed by atoms with Gasteiger partial charge in [0.05, 0.1) is 6.04 Å². The summed E-state index contributed by atoms with van der Waals surface area (Å²) in [5.41, 5.74) is -0.389. The van der Waals surface area contributed by atoms with E-state index in [2.05, 4.69) is 10.6 Å². The molecule has 9 heteroatoms. The normalized spacial score (nSPS) is 23.1. The van der Waals surface area contributed by atoms with Crippen LogP contribution < -0.4 is 10.6 Å². The number of nitrogens with one attached hydrogen (secondary N) is 2. The van der Waals surface area contributed by atoms with Gasteiger partial charge in [-0.1, -0.05) is 40.0 Å². The lowest BCUT2D eigenvalue weighted by molar-refractivity contribution is -0.143. The highest BCUT2D eigenvalue weighted by Gasteiger charge is 2.49. The standard InChI is InChI=1S/C26H41F2N3O4/c1-24(2,3)15-20(32)31-16-26(11-6-5-7-12-26)14-19(31)22(34)30-18(10-13-25(4,27)28)21(33)23(35)29-17-8-9-17/h17-19H,5-16H2,1-4H3,(H,29,35)(H,30,34)/t18-,19-/m0/s1. The minimum Gasteiger partial charge on any atom is -0.347 e. The van der Waals surface area contributed by atoms with Gasteiger partial charge in [-0.2, -0.15) is 0 Å². The minimum atomic E-state index is -3.04. The van der Waals surface area contributed by atoms with Gasteiger partial charge in [-0.05, 0) is 56.3 Å². The van der Waals surface area contributed by atoms with Crippen LogP contribution in [0.5, 0.6) is 0 Å². The molecule has 2 N–H and O–H groups in total. The Bertz CT molecular complexity index is 823. The lowest BCUT2D eigenvalue weighted by atomic mass is 9.72. The number of hydrogen-bond acceptors (Lipinski definition) is 4. The Kier molecular flexibility index (Phi) is 8.26. The SMILES string of the molecule is CC(C)(C)CC(=O)N1CC2(CCCCC2)C[C@H]1C(=O)N[C@@H](CCC(C)(F)F)C(=O)C(=O)NC1CC1. The third-order valence-electron chi connectivity index (χ3n) is 7.37. The number of hydrogen-bond donors (Lipinski definition) is 2. The van der Waals surface area contributed by atoms with Gasteiger partial charge in [-0.3, -0.25) is 19.2 Å². The van der Waals surface area contributed by atoms with Crippen LogP contribution in [0.2, 0.25) is 0 Å². The van der Waals surface area contributed by atoms with Crippen molar-refractivity contribution in [1.82, 2.24) is 15.5 Å². The van der Waals surface area contributed by atoms with Crippen LogP contribution in [-0.2, 0) is 19.2 Å². The zero-order valence-electron chi connectivity index (χ0n) is 21.6. The van der Waals surface area contributed by atoms with E-state index >= 15 is 0 Å². The molecule has 3 amide bonds. The van der Waals surface area contributed by atoms with E-state index < -0.39 is 42.0 Å². The number of ketones is 1. The van der Waals surface area contributed by atoms with E-state index in [-0.39, 0.29) is 35.6 Å². The maximum atomic E-state index is 13.6. The quantitative estimate of drug-likeness (QED) is 0.475. The molecule has 7 nitrogen and oxygen atoms in total. The van der Waals surface area contributed by atoms with Crippen molar-refractivity contribution in [3.8, 4) is 0 Å². The van der Waals surface area contributed by atoms with Crippen LogP contribution in [0.25, 0.3) is 0 Å². The molecule has 3 aliphatic rings. The first kappa shape index (κ1) is 27.5. The van der Waals surface area contributed by atoms with Crippen LogP contribution in [0.1, 0.15) is 98.3 Å². The van der Waals surface area contributed by atoms with Crippen molar-refractivity contribution in [2.75, 3.05) is 6.54 Å². The van der Waals surface area contributed by atoms with Gasteiger partial charge in [0.1, 0.15) is 6.04 Å². The molecule has 3 rings (SSSR count). The highest BCUT2D eigenvalue weighted by Crippen LogP contribution is 2.47. The second kappa shape index (κ2) is 10.5. The Balaban J connectivity index is 1.77. The fourth-order valence-electron chi connectivity index (χ4n) is 5.35. The van der Waals surface area contributed by atoms with Crippen molar-refractivity contribution in [2.24, 2.45) is 10.8 Å². The summed E-state index contributed by atoms with van der Waals surface area (Å²) in [7, 11) is 0. The predicted molar refractivity (Wildman–Crippen MR) is 128 cm³/mol. The Hall–Kier alpha value is -2.06. The van der Waals surface area contributed by atoms with E-state index in [1.807, 2.05) is 20.8 Å². The van der Waals surface area contributed by atoms with Crippen molar-refractivity contribution in [3.63, 3.8) is 0 Å². The molecule has 0 aromatic rings. The number of alkyl halides is 2. The fraction of sp³-hybridized carbons (Fsp3) is 0.846. The van der Waals surface area contributed by atoms with Crippen LogP contribution in [0, 0.1) is 10.8 Å². The largest absolute Gasteiger partial charge is 0.347 e. The molecule has 0 aromatic heterocycles. The maximum absolute atomic E-state index is 13.6. The number of halogens is 2. The van der Waals surface area contributed by atoms with Gasteiger partial charge >= 0.3 is 0 Å². The molecule has 0 unspecified atom stereocenters. The molecule has 3 fully saturated rings. The molecule has 1 aliphatic heterocycles. The van der Waals surface area contributed by atoms with Crippen molar-refractivity contribution >= 4 is 23.5 Å². The van der Waals surface area contributed by atoms with Crippen molar-refractivity contribution in [3.05, 3.63) is 0 Å². The van der Waals surface area contributed by atoms with Gasteiger partial charge in [0.25, 0.3) is 5.91 Å². The molecule has 0 radical (unpaired) electrons. The molecule has 2 aliphatic carbocycles. The number of likely N-dealkylation sites (tertiary alicyclic amines) is 1. The third kappa shape index (κ3) is 7.97. The number of nitrogens with zero attached hydrogens (tertiary/aromatic N) is 1. The number of carbonyl (C=O) groups is 4. The van der Waals surface area contributed by atoms with Crippen LogP contribution in [0.4, 0.5) is 8.78 Å². The van der Waals surface area contributed by atoms with Crippen molar-refractivity contribution in [1.29, 1.82) is 0 Å². The lowest BCUT2D eigenvalue weighted by Gasteiger charge is -2.33. The molecule has 0 aromatic carbocycles. The molecule has 1 spiro atoms. The number of rotatable bonds is 9. The maximum Gasteiger partial charge on any atom is 0.289 e. The minimum absolute atomic E-state index is 0.0677. The molecule has 2 saturated carbocycles. The molecular weight excluding hydrogens is 456 g/mol. The van der Waals surface area contributed by atoms with Gasteiger partial charge < -0.3 is 15.5 Å². The van der Waals surface area contributed by atoms with Crippen LogP contribution in [0.3, 0.4) is 0 Å². The number of amides is 3. The van der Waals surface area contributed by atoms with Gasteiger partial charge in [0.15, 0.2) is 0 Å². The third-order valence-corrected chi connectivity index (χ3v) is 7.37. The number of Topliss-reactive ketones (excluding diaryl/α,β-unsaturated/α-hetero) is 1. The summed E-state index contributed by atoms with van der Waals surface area (Å²) < 4.78 is 27.2. The van der Waals surface area contributed by atoms with E-state index in [9.17, 15) is 28.0 Å². The zero-order chi connectivity index (χ0) is 26.0. The zero-order valence-corrected chi connectivity index (χ0v) is 21.6. The Labute approximate surface area is 207 Å². The van der Waals surface area contributed by atoms with Crippen molar-refractivity contribution in [2.45, 2.75) is 122 Å². The average Bonchev–Trinajstić information content (AvgIpc) is 3.48. The van der Waals surface area contributed by atoms with E-state index in [4.69, 9.17) is 0 Å². The number of carbonyl (C=O) groups excluding carboxylic acids is 4. The van der Waals surface area contributed by atoms with E-state index in [0.29, 0.717) is 13.0 Å². The second-order valence-corrected chi connectivity index (χ2v) is 12.3. The highest BCUT2D eigenvalue weighted by molar-refractivity contribution is 6.38. The predicted octanol–water partition coefficient (Wildman–Crippen LogP) is 3.74. The van der Waals surface area contributed by atoms with Crippen LogP contribution in [-0.4, -0.2) is 59.0 Å². The van der Waals surface area contributed by atoms with Gasteiger partial charge in [0, 0.05) is 25.4 Å². The molecule has 1 saturated heterocycles. The van der Waals surface area contributed by atoms with Crippen LogP contribution in [0.15, 0.2) is 0 Å². The van der Waals surface area contributed by atoms with E-state index in [1.165, 1.54) is 0 Å². The topological polar surface area (TPSA) is 95.6 Å². The summed E-state index contributed by atoms with van der Waals surface area (Å²) in [5.74, 6) is -5.45. The summed E-state index contributed by atoms with van der Waals surface area (Å²) in [4.78, 5) is 53.5. The first-order valence-corrected chi connectivity index (χ1v) is 13.0. The first-order chi connectivity index (χ1) is 16.2. The molecule has 1 heterocycles. The lowest BCUT2D eigenvalue weighted by Crippen LogP contribution is -2.53. The fourth-order valence-corrected chi connectivity index (χ4v) is 5.35. The van der Waals surface area contributed by atoms with E-state index in [0.717, 1.165) is 51.9 Å². The van der Waals surface area contributed by atoms with Crippen LogP contribution >= 0.6 is 0 Å². The Morgan fingerprint density at radius 3 is 2.20 bits per heavy atom. The van der Waals surface area contributed by atoms with Gasteiger partial charge in [-0.15, -0.1) is 0 Å². The summed E-state index contributed by atoms with van der Waals surface area (Å²) in [6.07, 6.45) is 6.43. The van der Waals surface area contributed by atoms with E-state index in [1.54, 1.807) is 4.90 Å². The summed E-state index contributed by atoms with van der Waals surface area (Å²) in [6.45, 7) is 7.13. The summed E-state index contributed by atoms with van der Waals surface area (Å²) in [6, 6.07) is -2.19. The summed E-state index contributed by atoms with van der Waals surface area (Å²) >= 11 is 0. The Morgan fingerprint density at radius 1 is 1.03 bits per heavy atom. The molecule has 2 atom stereocenters. The Morgan fingerprint density at radius 2 is 1.66 bits per heavy atom. The monoisotopic (exact) mass is 497 g/mol.